The van der Waals surface area contributed by atoms with Crippen LogP contribution in [0.3, 0.4) is 0 Å². The topological polar surface area (TPSA) is 55.4 Å². The van der Waals surface area contributed by atoms with Gasteiger partial charge < -0.3 is 23.7 Å². The summed E-state index contributed by atoms with van der Waals surface area (Å²) in [6, 6.07) is 39.1. The SMILES string of the molecule is FOC1O[C@H](COCc2ccccc2)[C@H](OCc2ccccc2)[C@H](OCc2ccccc2)[C@H]1OCc1ccccc1. The smallest absolute Gasteiger partial charge is 0.226 e. The molecular formula is C34H35FO6. The molecule has 0 bridgehead atoms. The molecule has 0 saturated carbocycles. The summed E-state index contributed by atoms with van der Waals surface area (Å²) < 4.78 is 45.4. The highest BCUT2D eigenvalue weighted by molar-refractivity contribution is 5.16. The van der Waals surface area contributed by atoms with E-state index in [-0.39, 0.29) is 19.8 Å². The quantitative estimate of drug-likeness (QED) is 0.174. The molecule has 1 aliphatic rings. The van der Waals surface area contributed by atoms with Gasteiger partial charge in [0, 0.05) is 0 Å². The number of benzene rings is 4. The zero-order chi connectivity index (χ0) is 28.1. The summed E-state index contributed by atoms with van der Waals surface area (Å²) in [4.78, 5) is 4.34. The molecule has 7 heteroatoms. The number of halogens is 1. The lowest BCUT2D eigenvalue weighted by Gasteiger charge is -2.44. The molecule has 41 heavy (non-hydrogen) atoms. The Hall–Kier alpha value is -3.43. The van der Waals surface area contributed by atoms with Crippen LogP contribution in [0.1, 0.15) is 22.3 Å². The summed E-state index contributed by atoms with van der Waals surface area (Å²) in [6.07, 6.45) is -4.28. The van der Waals surface area contributed by atoms with E-state index in [4.69, 9.17) is 23.7 Å². The Bertz CT molecular complexity index is 1260. The Balaban J connectivity index is 1.38. The molecular weight excluding hydrogens is 523 g/mol. The summed E-state index contributed by atoms with van der Waals surface area (Å²) in [6.45, 7) is 1.32. The van der Waals surface area contributed by atoms with E-state index in [2.05, 4.69) is 4.94 Å². The Morgan fingerprint density at radius 3 is 1.32 bits per heavy atom. The van der Waals surface area contributed by atoms with Crippen molar-refractivity contribution in [3.05, 3.63) is 144 Å². The third-order valence-corrected chi connectivity index (χ3v) is 6.93. The molecule has 0 amide bonds. The van der Waals surface area contributed by atoms with Crippen molar-refractivity contribution in [3.63, 3.8) is 0 Å². The maximum Gasteiger partial charge on any atom is 0.226 e. The lowest BCUT2D eigenvalue weighted by Crippen LogP contribution is -2.61. The van der Waals surface area contributed by atoms with Gasteiger partial charge in [-0.05, 0) is 26.8 Å². The molecule has 0 radical (unpaired) electrons. The highest BCUT2D eigenvalue weighted by atomic mass is 19.3. The van der Waals surface area contributed by atoms with Crippen LogP contribution in [0.2, 0.25) is 0 Å². The van der Waals surface area contributed by atoms with Gasteiger partial charge in [0.1, 0.15) is 24.4 Å². The van der Waals surface area contributed by atoms with Gasteiger partial charge in [-0.15, -0.1) is 0 Å². The Kier molecular flexibility index (Phi) is 11.0. The molecule has 5 rings (SSSR count). The molecule has 1 heterocycles. The van der Waals surface area contributed by atoms with E-state index in [1.807, 2.05) is 121 Å². The van der Waals surface area contributed by atoms with Crippen LogP contribution in [0.25, 0.3) is 0 Å². The highest BCUT2D eigenvalue weighted by Crippen LogP contribution is 2.31. The van der Waals surface area contributed by atoms with Crippen molar-refractivity contribution in [1.29, 1.82) is 0 Å². The maximum absolute atomic E-state index is 14.1. The van der Waals surface area contributed by atoms with Crippen LogP contribution < -0.4 is 0 Å². The number of hydrogen-bond donors (Lipinski definition) is 0. The van der Waals surface area contributed by atoms with Gasteiger partial charge in [0.25, 0.3) is 0 Å². The first-order valence-corrected chi connectivity index (χ1v) is 13.8. The van der Waals surface area contributed by atoms with E-state index in [1.165, 1.54) is 0 Å². The fraction of sp³-hybridized carbons (Fsp3) is 0.294. The molecule has 6 nitrogen and oxygen atoms in total. The summed E-state index contributed by atoms with van der Waals surface area (Å²) in [5, 5.41) is 0. The summed E-state index contributed by atoms with van der Waals surface area (Å²) >= 11 is 0. The minimum atomic E-state index is -1.33. The number of ether oxygens (including phenoxy) is 5. The summed E-state index contributed by atoms with van der Waals surface area (Å²) in [5.41, 5.74) is 3.91. The zero-order valence-corrected chi connectivity index (χ0v) is 22.8. The summed E-state index contributed by atoms with van der Waals surface area (Å²) in [5.74, 6) is 0. The van der Waals surface area contributed by atoms with Gasteiger partial charge in [0.15, 0.2) is 0 Å². The fourth-order valence-electron chi connectivity index (χ4n) is 4.82. The van der Waals surface area contributed by atoms with Crippen molar-refractivity contribution in [2.75, 3.05) is 6.61 Å². The first kappa shape index (κ1) is 29.1. The Morgan fingerprint density at radius 1 is 0.488 bits per heavy atom. The van der Waals surface area contributed by atoms with E-state index in [9.17, 15) is 4.53 Å². The van der Waals surface area contributed by atoms with Crippen molar-refractivity contribution in [2.24, 2.45) is 0 Å². The number of rotatable bonds is 14. The van der Waals surface area contributed by atoms with Gasteiger partial charge in [-0.25, -0.2) is 0 Å². The van der Waals surface area contributed by atoms with Crippen molar-refractivity contribution >= 4 is 0 Å². The average molecular weight is 559 g/mol. The van der Waals surface area contributed by atoms with E-state index >= 15 is 0 Å². The van der Waals surface area contributed by atoms with Crippen molar-refractivity contribution in [3.8, 4) is 0 Å². The van der Waals surface area contributed by atoms with Crippen LogP contribution in [-0.2, 0) is 55.1 Å². The van der Waals surface area contributed by atoms with E-state index < -0.39 is 30.7 Å². The minimum absolute atomic E-state index is 0.144. The molecule has 4 aromatic carbocycles. The lowest BCUT2D eigenvalue weighted by atomic mass is 9.98. The Morgan fingerprint density at radius 2 is 0.878 bits per heavy atom. The predicted octanol–water partition coefficient (Wildman–Crippen LogP) is 6.59. The molecule has 214 valence electrons. The van der Waals surface area contributed by atoms with Gasteiger partial charge >= 0.3 is 0 Å². The highest BCUT2D eigenvalue weighted by Gasteiger charge is 2.49. The largest absolute Gasteiger partial charge is 0.374 e. The van der Waals surface area contributed by atoms with Gasteiger partial charge in [-0.2, -0.15) is 4.94 Å². The van der Waals surface area contributed by atoms with Crippen LogP contribution >= 0.6 is 0 Å². The molecule has 0 spiro atoms. The maximum atomic E-state index is 14.1. The van der Waals surface area contributed by atoms with E-state index in [1.54, 1.807) is 0 Å². The van der Waals surface area contributed by atoms with Crippen LogP contribution in [0.5, 0.6) is 0 Å². The molecule has 1 unspecified atom stereocenters. The normalized spacial score (nSPS) is 22.4. The lowest BCUT2D eigenvalue weighted by molar-refractivity contribution is -0.377. The minimum Gasteiger partial charge on any atom is -0.374 e. The molecule has 1 saturated heterocycles. The number of hydrogen-bond acceptors (Lipinski definition) is 6. The monoisotopic (exact) mass is 558 g/mol. The van der Waals surface area contributed by atoms with Gasteiger partial charge in [0.2, 0.25) is 6.29 Å². The molecule has 1 fully saturated rings. The molecule has 4 aromatic rings. The fourth-order valence-corrected chi connectivity index (χ4v) is 4.82. The van der Waals surface area contributed by atoms with Gasteiger partial charge in [-0.1, -0.05) is 121 Å². The third-order valence-electron chi connectivity index (χ3n) is 6.93. The van der Waals surface area contributed by atoms with Crippen LogP contribution in [0.4, 0.5) is 4.53 Å². The zero-order valence-electron chi connectivity index (χ0n) is 22.8. The van der Waals surface area contributed by atoms with Crippen molar-refractivity contribution < 1.29 is 33.2 Å². The first-order chi connectivity index (χ1) is 20.3. The summed E-state index contributed by atoms with van der Waals surface area (Å²) in [7, 11) is 0. The van der Waals surface area contributed by atoms with Gasteiger partial charge in [0.05, 0.1) is 33.0 Å². The van der Waals surface area contributed by atoms with Crippen LogP contribution in [0.15, 0.2) is 121 Å². The van der Waals surface area contributed by atoms with Crippen LogP contribution in [0, 0.1) is 0 Å². The second kappa shape index (κ2) is 15.5. The third kappa shape index (κ3) is 8.53. The van der Waals surface area contributed by atoms with Crippen molar-refractivity contribution in [2.45, 2.75) is 57.1 Å². The standard InChI is InChI=1S/C34H35FO6/c35-41-34-33(39-24-29-19-11-4-12-20-29)32(38-23-28-17-9-3-10-18-28)31(37-22-27-15-7-2-8-16-27)30(40-34)25-36-21-26-13-5-1-6-14-26/h1-20,30-34H,21-25H2/t30-,31+,32+,33-,34?/m1/s1. The second-order valence-electron chi connectivity index (χ2n) is 9.92. The Labute approximate surface area is 240 Å². The predicted molar refractivity (Wildman–Crippen MR) is 152 cm³/mol. The second-order valence-corrected chi connectivity index (χ2v) is 9.92. The van der Waals surface area contributed by atoms with Crippen molar-refractivity contribution in [1.82, 2.24) is 0 Å². The molecule has 0 aromatic heterocycles. The van der Waals surface area contributed by atoms with E-state index in [0.717, 1.165) is 22.3 Å². The van der Waals surface area contributed by atoms with Crippen LogP contribution in [-0.4, -0.2) is 37.3 Å². The van der Waals surface area contributed by atoms with E-state index in [0.29, 0.717) is 13.2 Å². The molecule has 5 atom stereocenters. The average Bonchev–Trinajstić information content (AvgIpc) is 3.04. The molecule has 0 aliphatic carbocycles. The van der Waals surface area contributed by atoms with Gasteiger partial charge in [-0.3, -0.25) is 0 Å². The first-order valence-electron chi connectivity index (χ1n) is 13.8. The molecule has 0 N–H and O–H groups in total. The molecule has 1 aliphatic heterocycles.